The van der Waals surface area contributed by atoms with E-state index in [4.69, 9.17) is 0 Å². The third kappa shape index (κ3) is 3.02. The van der Waals surface area contributed by atoms with Gasteiger partial charge in [0.25, 0.3) is 5.69 Å². The van der Waals surface area contributed by atoms with Crippen LogP contribution in [0.5, 0.6) is 0 Å². The number of rotatable bonds is 5. The van der Waals surface area contributed by atoms with Crippen molar-refractivity contribution in [3.8, 4) is 0 Å². The molecule has 0 aromatic heterocycles. The lowest BCUT2D eigenvalue weighted by molar-refractivity contribution is -0.384. The second kappa shape index (κ2) is 5.26. The topological polar surface area (TPSA) is 46.4 Å². The number of nitro benzene ring substituents is 1. The summed E-state index contributed by atoms with van der Waals surface area (Å²) in [5, 5.41) is 11.2. The van der Waals surface area contributed by atoms with Crippen molar-refractivity contribution in [2.24, 2.45) is 5.92 Å². The molecule has 1 aromatic rings. The Bertz CT molecular complexity index is 458. The predicted molar refractivity (Wildman–Crippen MR) is 76.0 cm³/mol. The lowest BCUT2D eigenvalue weighted by atomic mass is 10.2. The number of nitrogens with zero attached hydrogens (tertiary/aromatic N) is 2. The predicted octanol–water partition coefficient (Wildman–Crippen LogP) is 3.98. The second-order valence-electron chi connectivity index (χ2n) is 5.08. The van der Waals surface area contributed by atoms with Crippen molar-refractivity contribution in [2.45, 2.75) is 32.7 Å². The van der Waals surface area contributed by atoms with Crippen LogP contribution in [0, 0.1) is 16.0 Å². The number of hydrogen-bond donors (Lipinski definition) is 0. The molecule has 1 aromatic carbocycles. The zero-order chi connectivity index (χ0) is 13.3. The molecule has 0 heterocycles. The largest absolute Gasteiger partial charge is 0.363 e. The first kappa shape index (κ1) is 13.3. The van der Waals surface area contributed by atoms with Crippen molar-refractivity contribution in [3.05, 3.63) is 32.8 Å². The van der Waals surface area contributed by atoms with E-state index in [0.29, 0.717) is 5.92 Å². The maximum atomic E-state index is 11.2. The fourth-order valence-corrected chi connectivity index (χ4v) is 2.40. The molecule has 0 N–H and O–H groups in total. The Morgan fingerprint density at radius 3 is 2.67 bits per heavy atom. The van der Waals surface area contributed by atoms with Crippen LogP contribution >= 0.6 is 15.9 Å². The molecule has 0 saturated heterocycles. The van der Waals surface area contributed by atoms with Gasteiger partial charge in [-0.3, -0.25) is 10.1 Å². The second-order valence-corrected chi connectivity index (χ2v) is 6.00. The van der Waals surface area contributed by atoms with E-state index in [2.05, 4.69) is 34.7 Å². The summed E-state index contributed by atoms with van der Waals surface area (Å²) in [5.74, 6) is 0.704. The molecule has 0 aliphatic heterocycles. The molecule has 18 heavy (non-hydrogen) atoms. The molecule has 0 bridgehead atoms. The zero-order valence-corrected chi connectivity index (χ0v) is 12.2. The van der Waals surface area contributed by atoms with E-state index < -0.39 is 0 Å². The van der Waals surface area contributed by atoms with Crippen LogP contribution in [-0.2, 0) is 0 Å². The van der Waals surface area contributed by atoms with Crippen LogP contribution in [0.15, 0.2) is 22.7 Å². The van der Waals surface area contributed by atoms with Gasteiger partial charge in [0.05, 0.1) is 4.92 Å². The average Bonchev–Trinajstić information content (AvgIpc) is 3.09. The van der Waals surface area contributed by atoms with Crippen LogP contribution in [-0.4, -0.2) is 17.5 Å². The van der Waals surface area contributed by atoms with Crippen molar-refractivity contribution in [1.29, 1.82) is 0 Å². The lowest BCUT2D eigenvalue weighted by Gasteiger charge is -2.28. The minimum atomic E-state index is -0.303. The summed E-state index contributed by atoms with van der Waals surface area (Å²) in [6.45, 7) is 5.07. The van der Waals surface area contributed by atoms with E-state index in [0.717, 1.165) is 16.7 Å². The fraction of sp³-hybridized carbons (Fsp3) is 0.538. The van der Waals surface area contributed by atoms with Gasteiger partial charge in [-0.15, -0.1) is 0 Å². The zero-order valence-electron chi connectivity index (χ0n) is 10.6. The monoisotopic (exact) mass is 312 g/mol. The molecular formula is C13H17BrN2O2. The van der Waals surface area contributed by atoms with Gasteiger partial charge in [0.15, 0.2) is 0 Å². The molecule has 1 aliphatic carbocycles. The summed E-state index contributed by atoms with van der Waals surface area (Å²) in [6, 6.07) is 5.55. The SMILES string of the molecule is CC(C)N(CC1CC1)c1ccc(Br)cc1[N+](=O)[O-]. The summed E-state index contributed by atoms with van der Waals surface area (Å²) in [7, 11) is 0. The van der Waals surface area contributed by atoms with Gasteiger partial charge in [-0.1, -0.05) is 15.9 Å². The molecule has 1 fully saturated rings. The van der Waals surface area contributed by atoms with Crippen LogP contribution in [0.3, 0.4) is 0 Å². The molecule has 0 radical (unpaired) electrons. The smallest absolute Gasteiger partial charge is 0.293 e. The molecule has 0 spiro atoms. The molecule has 98 valence electrons. The van der Waals surface area contributed by atoms with Crippen LogP contribution < -0.4 is 4.90 Å². The Hall–Kier alpha value is -1.10. The molecule has 5 heteroatoms. The van der Waals surface area contributed by atoms with Crippen LogP contribution in [0.2, 0.25) is 0 Å². The van der Waals surface area contributed by atoms with Gasteiger partial charge in [-0.05, 0) is 44.7 Å². The van der Waals surface area contributed by atoms with Gasteiger partial charge in [0, 0.05) is 23.1 Å². The standard InChI is InChI=1S/C13H17BrN2O2/c1-9(2)15(8-10-3-4-10)12-6-5-11(14)7-13(12)16(17)18/h5-7,9-10H,3-4,8H2,1-2H3. The highest BCUT2D eigenvalue weighted by molar-refractivity contribution is 9.10. The number of benzene rings is 1. The maximum Gasteiger partial charge on any atom is 0.293 e. The summed E-state index contributed by atoms with van der Waals surface area (Å²) < 4.78 is 0.744. The molecule has 2 rings (SSSR count). The van der Waals surface area contributed by atoms with E-state index in [-0.39, 0.29) is 16.7 Å². The third-order valence-electron chi connectivity index (χ3n) is 3.22. The summed E-state index contributed by atoms with van der Waals surface area (Å²) in [5.41, 5.74) is 0.906. The third-order valence-corrected chi connectivity index (χ3v) is 3.71. The highest BCUT2D eigenvalue weighted by Gasteiger charge is 2.29. The number of anilines is 1. The molecular weight excluding hydrogens is 296 g/mol. The fourth-order valence-electron chi connectivity index (χ4n) is 2.05. The molecule has 0 unspecified atom stereocenters. The minimum Gasteiger partial charge on any atom is -0.363 e. The summed E-state index contributed by atoms with van der Waals surface area (Å²) in [6.07, 6.45) is 2.49. The number of halogens is 1. The Morgan fingerprint density at radius 1 is 1.50 bits per heavy atom. The van der Waals surface area contributed by atoms with Gasteiger partial charge in [-0.25, -0.2) is 0 Å². The molecule has 0 atom stereocenters. The number of nitro groups is 1. The highest BCUT2D eigenvalue weighted by atomic mass is 79.9. The van der Waals surface area contributed by atoms with E-state index in [1.165, 1.54) is 12.8 Å². The highest BCUT2D eigenvalue weighted by Crippen LogP contribution is 2.36. The van der Waals surface area contributed by atoms with Gasteiger partial charge < -0.3 is 4.90 Å². The van der Waals surface area contributed by atoms with Crippen molar-refractivity contribution < 1.29 is 4.92 Å². The molecule has 1 saturated carbocycles. The van der Waals surface area contributed by atoms with Crippen LogP contribution in [0.25, 0.3) is 0 Å². The van der Waals surface area contributed by atoms with Crippen molar-refractivity contribution in [3.63, 3.8) is 0 Å². The van der Waals surface area contributed by atoms with Crippen molar-refractivity contribution in [2.75, 3.05) is 11.4 Å². The Morgan fingerprint density at radius 2 is 2.17 bits per heavy atom. The Balaban J connectivity index is 2.35. The first-order chi connectivity index (χ1) is 8.49. The van der Waals surface area contributed by atoms with Crippen molar-refractivity contribution >= 4 is 27.3 Å². The molecule has 1 aliphatic rings. The van der Waals surface area contributed by atoms with E-state index in [9.17, 15) is 10.1 Å². The minimum absolute atomic E-state index is 0.179. The van der Waals surface area contributed by atoms with Gasteiger partial charge in [-0.2, -0.15) is 0 Å². The van der Waals surface area contributed by atoms with E-state index in [1.54, 1.807) is 6.07 Å². The van der Waals surface area contributed by atoms with Gasteiger partial charge in [0.2, 0.25) is 0 Å². The Kier molecular flexibility index (Phi) is 3.90. The van der Waals surface area contributed by atoms with E-state index in [1.807, 2.05) is 12.1 Å². The lowest BCUT2D eigenvalue weighted by Crippen LogP contribution is -2.33. The molecule has 4 nitrogen and oxygen atoms in total. The average molecular weight is 313 g/mol. The van der Waals surface area contributed by atoms with Gasteiger partial charge in [0.1, 0.15) is 5.69 Å². The summed E-state index contributed by atoms with van der Waals surface area (Å²) in [4.78, 5) is 13.0. The van der Waals surface area contributed by atoms with Crippen LogP contribution in [0.4, 0.5) is 11.4 Å². The van der Waals surface area contributed by atoms with Gasteiger partial charge >= 0.3 is 0 Å². The van der Waals surface area contributed by atoms with Crippen LogP contribution in [0.1, 0.15) is 26.7 Å². The summed E-state index contributed by atoms with van der Waals surface area (Å²) >= 11 is 3.29. The maximum absolute atomic E-state index is 11.2. The van der Waals surface area contributed by atoms with Crippen molar-refractivity contribution in [1.82, 2.24) is 0 Å². The van der Waals surface area contributed by atoms with E-state index >= 15 is 0 Å². The quantitative estimate of drug-likeness (QED) is 0.610. The first-order valence-electron chi connectivity index (χ1n) is 6.19. The molecule has 0 amide bonds. The Labute approximate surface area is 115 Å². The number of hydrogen-bond acceptors (Lipinski definition) is 3. The normalized spacial score (nSPS) is 14.9. The first-order valence-corrected chi connectivity index (χ1v) is 6.99.